The highest BCUT2D eigenvalue weighted by atomic mass is 32.2. The number of aromatic nitrogens is 2. The number of thiazole rings is 1. The van der Waals surface area contributed by atoms with E-state index in [0.717, 1.165) is 44.0 Å². The van der Waals surface area contributed by atoms with Crippen LogP contribution in [0.1, 0.15) is 24.6 Å². The summed E-state index contributed by atoms with van der Waals surface area (Å²) in [7, 11) is -3.68. The van der Waals surface area contributed by atoms with Crippen LogP contribution < -0.4 is 10.6 Å². The number of aromatic amines is 1. The number of H-pyrrole nitrogens is 1. The van der Waals surface area contributed by atoms with Gasteiger partial charge < -0.3 is 14.8 Å². The van der Waals surface area contributed by atoms with E-state index in [2.05, 4.69) is 22.1 Å². The van der Waals surface area contributed by atoms with Crippen molar-refractivity contribution in [3.05, 3.63) is 45.2 Å². The Hall–Kier alpha value is -1.63. The number of rotatable bonds is 12. The minimum Gasteiger partial charge on any atom is -0.396 e. The monoisotopic (exact) mass is 525 g/mol. The third-order valence-corrected chi connectivity index (χ3v) is 10.5. The SMILES string of the molecule is CCOCCN(C1=c2[nH]c(-c3ncc(CSCCO)s3)cc2=CCC1)S(=O)(=O)c1cccs1. The van der Waals surface area contributed by atoms with Gasteiger partial charge >= 0.3 is 0 Å². The van der Waals surface area contributed by atoms with Crippen LogP contribution in [0.3, 0.4) is 0 Å². The Balaban J connectivity index is 1.72. The number of fused-ring (bicyclic) bond motifs is 1. The van der Waals surface area contributed by atoms with Crippen LogP contribution in [0.4, 0.5) is 0 Å². The maximum Gasteiger partial charge on any atom is 0.273 e. The summed E-state index contributed by atoms with van der Waals surface area (Å²) in [5.41, 5.74) is 1.65. The summed E-state index contributed by atoms with van der Waals surface area (Å²) >= 11 is 4.51. The van der Waals surface area contributed by atoms with Gasteiger partial charge in [-0.3, -0.25) is 4.31 Å². The first-order valence-corrected chi connectivity index (χ1v) is 15.0. The van der Waals surface area contributed by atoms with E-state index in [4.69, 9.17) is 9.84 Å². The van der Waals surface area contributed by atoms with Crippen LogP contribution in [0, 0.1) is 0 Å². The zero-order valence-corrected chi connectivity index (χ0v) is 21.6. The summed E-state index contributed by atoms with van der Waals surface area (Å²) < 4.78 is 34.4. The molecule has 178 valence electrons. The topological polar surface area (TPSA) is 95.5 Å². The van der Waals surface area contributed by atoms with E-state index in [1.54, 1.807) is 40.6 Å². The number of ether oxygens (including phenoxy) is 1. The molecule has 3 heterocycles. The lowest BCUT2D eigenvalue weighted by Gasteiger charge is -2.27. The zero-order valence-electron chi connectivity index (χ0n) is 18.3. The fraction of sp³-hybridized carbons (Fsp3) is 0.409. The summed E-state index contributed by atoms with van der Waals surface area (Å²) in [5, 5.41) is 13.5. The molecule has 3 aromatic heterocycles. The molecule has 0 fully saturated rings. The molecule has 0 saturated heterocycles. The third-order valence-electron chi connectivity index (χ3n) is 5.13. The number of aliphatic hydroxyl groups excluding tert-OH is 1. The molecule has 0 radical (unpaired) electrons. The summed E-state index contributed by atoms with van der Waals surface area (Å²) in [5.74, 6) is 1.51. The van der Waals surface area contributed by atoms with Gasteiger partial charge in [0.25, 0.3) is 10.0 Å². The molecule has 0 aromatic carbocycles. The normalized spacial score (nSPS) is 13.7. The Morgan fingerprint density at radius 2 is 2.27 bits per heavy atom. The highest BCUT2D eigenvalue weighted by Crippen LogP contribution is 2.28. The smallest absolute Gasteiger partial charge is 0.273 e. The number of nitrogens with zero attached hydrogens (tertiary/aromatic N) is 2. The van der Waals surface area contributed by atoms with Crippen molar-refractivity contribution in [2.45, 2.75) is 29.7 Å². The molecular weight excluding hydrogens is 499 g/mol. The van der Waals surface area contributed by atoms with Crippen LogP contribution in [0.5, 0.6) is 0 Å². The highest BCUT2D eigenvalue weighted by Gasteiger charge is 2.29. The van der Waals surface area contributed by atoms with Crippen molar-refractivity contribution in [3.8, 4) is 10.7 Å². The largest absolute Gasteiger partial charge is 0.396 e. The van der Waals surface area contributed by atoms with Crippen molar-refractivity contribution < 1.29 is 18.3 Å². The van der Waals surface area contributed by atoms with Gasteiger partial charge in [0, 0.05) is 29.2 Å². The molecule has 0 saturated carbocycles. The number of thioether (sulfide) groups is 1. The number of sulfonamides is 1. The molecule has 0 spiro atoms. The lowest BCUT2D eigenvalue weighted by Crippen LogP contribution is -2.40. The van der Waals surface area contributed by atoms with Crippen LogP contribution in [-0.2, 0) is 20.5 Å². The molecule has 1 aliphatic carbocycles. The van der Waals surface area contributed by atoms with Crippen molar-refractivity contribution in [1.82, 2.24) is 14.3 Å². The predicted molar refractivity (Wildman–Crippen MR) is 136 cm³/mol. The van der Waals surface area contributed by atoms with E-state index in [9.17, 15) is 8.42 Å². The number of aliphatic hydroxyl groups is 1. The highest BCUT2D eigenvalue weighted by molar-refractivity contribution is 7.98. The fourth-order valence-corrected chi connectivity index (χ4v) is 8.01. The average molecular weight is 526 g/mol. The van der Waals surface area contributed by atoms with E-state index in [1.807, 2.05) is 13.1 Å². The standard InChI is InChI=1S/C22H27N3O4S4/c1-2-29-10-8-25(33(27,28)20-7-4-11-31-20)19-6-3-5-16-13-18(24-21(16)19)22-23-14-17(32-22)15-30-12-9-26/h4-5,7,11,13-14,24,26H,2-3,6,8-10,12,15H2,1H3. The van der Waals surface area contributed by atoms with E-state index in [0.29, 0.717) is 29.6 Å². The molecule has 4 rings (SSSR count). The predicted octanol–water partition coefficient (Wildman–Crippen LogP) is 2.84. The van der Waals surface area contributed by atoms with Gasteiger partial charge in [0.2, 0.25) is 0 Å². The second kappa shape index (κ2) is 11.2. The number of thiophene rings is 1. The van der Waals surface area contributed by atoms with Crippen LogP contribution in [0.15, 0.2) is 34.0 Å². The molecule has 11 heteroatoms. The van der Waals surface area contributed by atoms with Crippen LogP contribution in [-0.4, -0.2) is 59.9 Å². The fourth-order valence-electron chi connectivity index (χ4n) is 3.67. The quantitative estimate of drug-likeness (QED) is 0.353. The Morgan fingerprint density at radius 1 is 1.39 bits per heavy atom. The van der Waals surface area contributed by atoms with Crippen LogP contribution in [0.25, 0.3) is 22.5 Å². The van der Waals surface area contributed by atoms with Gasteiger partial charge in [-0.1, -0.05) is 12.1 Å². The van der Waals surface area contributed by atoms with Gasteiger partial charge in [-0.2, -0.15) is 11.8 Å². The zero-order chi connectivity index (χ0) is 23.3. The Morgan fingerprint density at radius 3 is 3.03 bits per heavy atom. The molecule has 0 amide bonds. The number of hydrogen-bond acceptors (Lipinski definition) is 8. The molecule has 0 bridgehead atoms. The van der Waals surface area contributed by atoms with Gasteiger partial charge in [0.05, 0.1) is 36.5 Å². The van der Waals surface area contributed by atoms with E-state index < -0.39 is 10.0 Å². The lowest BCUT2D eigenvalue weighted by molar-refractivity contribution is 0.142. The van der Waals surface area contributed by atoms with Crippen molar-refractivity contribution in [3.63, 3.8) is 0 Å². The first-order chi connectivity index (χ1) is 16.0. The molecule has 0 aliphatic heterocycles. The van der Waals surface area contributed by atoms with Crippen LogP contribution in [0.2, 0.25) is 0 Å². The second-order valence-electron chi connectivity index (χ2n) is 7.32. The molecule has 0 unspecified atom stereocenters. The lowest BCUT2D eigenvalue weighted by atomic mass is 10.1. The number of hydrogen-bond donors (Lipinski definition) is 2. The third kappa shape index (κ3) is 5.55. The summed E-state index contributed by atoms with van der Waals surface area (Å²) in [6, 6.07) is 5.46. The molecule has 2 N–H and O–H groups in total. The Labute approximate surface area is 205 Å². The van der Waals surface area contributed by atoms with Crippen molar-refractivity contribution >= 4 is 56.2 Å². The van der Waals surface area contributed by atoms with Crippen molar-refractivity contribution in [1.29, 1.82) is 0 Å². The molecule has 1 aliphatic rings. The van der Waals surface area contributed by atoms with Gasteiger partial charge in [-0.15, -0.1) is 22.7 Å². The Kier molecular flexibility index (Phi) is 8.31. The molecule has 3 aromatic rings. The average Bonchev–Trinajstić information content (AvgIpc) is 3.57. The molecule has 7 nitrogen and oxygen atoms in total. The number of nitrogens with one attached hydrogen (secondary N) is 1. The van der Waals surface area contributed by atoms with Crippen molar-refractivity contribution in [2.24, 2.45) is 0 Å². The first-order valence-electron chi connectivity index (χ1n) is 10.7. The minimum absolute atomic E-state index is 0.169. The van der Waals surface area contributed by atoms with E-state index in [-0.39, 0.29) is 13.2 Å². The minimum atomic E-state index is -3.68. The van der Waals surface area contributed by atoms with E-state index in [1.165, 1.54) is 15.6 Å². The second-order valence-corrected chi connectivity index (χ2v) is 12.6. The summed E-state index contributed by atoms with van der Waals surface area (Å²) in [6.45, 7) is 3.21. The van der Waals surface area contributed by atoms with Gasteiger partial charge in [-0.25, -0.2) is 13.4 Å². The molecule has 33 heavy (non-hydrogen) atoms. The van der Waals surface area contributed by atoms with Crippen molar-refractivity contribution in [2.75, 3.05) is 32.1 Å². The Bertz CT molecular complexity index is 1280. The van der Waals surface area contributed by atoms with Crippen LogP contribution >= 0.6 is 34.4 Å². The van der Waals surface area contributed by atoms with Gasteiger partial charge in [0.1, 0.15) is 9.22 Å². The van der Waals surface area contributed by atoms with E-state index >= 15 is 0 Å². The first kappa shape index (κ1) is 24.5. The maximum absolute atomic E-state index is 13.5. The molecule has 0 atom stereocenters. The van der Waals surface area contributed by atoms with Gasteiger partial charge in [0.15, 0.2) is 0 Å². The maximum atomic E-state index is 13.5. The summed E-state index contributed by atoms with van der Waals surface area (Å²) in [4.78, 5) is 9.17. The molecular formula is C22H27N3O4S4. The summed E-state index contributed by atoms with van der Waals surface area (Å²) in [6.07, 6.45) is 5.41. The van der Waals surface area contributed by atoms with Gasteiger partial charge in [-0.05, 0) is 42.5 Å².